The van der Waals surface area contributed by atoms with Crippen LogP contribution in [0, 0.1) is 0 Å². The van der Waals surface area contributed by atoms with Gasteiger partial charge in [-0.1, -0.05) is 11.6 Å². The van der Waals surface area contributed by atoms with Crippen LogP contribution in [0.2, 0.25) is 5.02 Å². The summed E-state index contributed by atoms with van der Waals surface area (Å²) in [4.78, 5) is 27.1. The number of aromatic nitrogens is 1. The quantitative estimate of drug-likeness (QED) is 0.842. The van der Waals surface area contributed by atoms with Crippen LogP contribution in [0.3, 0.4) is 0 Å². The van der Waals surface area contributed by atoms with Gasteiger partial charge in [-0.15, -0.1) is 11.3 Å². The van der Waals surface area contributed by atoms with Crippen LogP contribution in [0.5, 0.6) is 0 Å². The predicted molar refractivity (Wildman–Crippen MR) is 79.2 cm³/mol. The lowest BCUT2D eigenvalue weighted by Crippen LogP contribution is -2.11. The highest BCUT2D eigenvalue weighted by Gasteiger charge is 2.11. The Bertz CT molecular complexity index is 657. The number of thiazole rings is 1. The Hall–Kier alpha value is -1.24. The fraction of sp³-hybridized carbons (Fsp3) is 0.0833. The van der Waals surface area contributed by atoms with Gasteiger partial charge in [0.05, 0.1) is 5.02 Å². The number of halogens is 2. The standard InChI is InChI=1S/C12H8BrClN2O2S/c1-6(17)10-5-19-12(15-10)16-11(18)7-2-3-8(13)9(14)4-7/h2-5H,1H3,(H,15,16,18). The van der Waals surface area contributed by atoms with Crippen LogP contribution in [0.15, 0.2) is 28.1 Å². The van der Waals surface area contributed by atoms with E-state index in [-0.39, 0.29) is 11.7 Å². The number of amides is 1. The molecule has 0 atom stereocenters. The predicted octanol–water partition coefficient (Wildman–Crippen LogP) is 4.01. The Morgan fingerprint density at radius 3 is 2.74 bits per heavy atom. The van der Waals surface area contributed by atoms with Crippen molar-refractivity contribution in [3.8, 4) is 0 Å². The maximum Gasteiger partial charge on any atom is 0.257 e. The van der Waals surface area contributed by atoms with Gasteiger partial charge in [-0.25, -0.2) is 4.98 Å². The zero-order chi connectivity index (χ0) is 14.0. The topological polar surface area (TPSA) is 59.1 Å². The summed E-state index contributed by atoms with van der Waals surface area (Å²) in [5.41, 5.74) is 0.766. The largest absolute Gasteiger partial charge is 0.298 e. The van der Waals surface area contributed by atoms with Crippen LogP contribution in [-0.2, 0) is 0 Å². The van der Waals surface area contributed by atoms with E-state index >= 15 is 0 Å². The van der Waals surface area contributed by atoms with Gasteiger partial charge in [-0.3, -0.25) is 14.9 Å². The van der Waals surface area contributed by atoms with Gasteiger partial charge in [0.2, 0.25) is 0 Å². The number of carbonyl (C=O) groups excluding carboxylic acids is 2. The van der Waals surface area contributed by atoms with E-state index in [1.807, 2.05) is 0 Å². The third-order valence-electron chi connectivity index (χ3n) is 2.27. The zero-order valence-electron chi connectivity index (χ0n) is 9.74. The number of rotatable bonds is 3. The highest BCUT2D eigenvalue weighted by Crippen LogP contribution is 2.24. The third-order valence-corrected chi connectivity index (χ3v) is 4.26. The maximum atomic E-state index is 12.0. The zero-order valence-corrected chi connectivity index (χ0v) is 12.9. The van der Waals surface area contributed by atoms with E-state index in [1.165, 1.54) is 18.3 Å². The van der Waals surface area contributed by atoms with Gasteiger partial charge in [0.15, 0.2) is 10.9 Å². The summed E-state index contributed by atoms with van der Waals surface area (Å²) in [5, 5.41) is 5.06. The van der Waals surface area contributed by atoms with Crippen LogP contribution in [0.1, 0.15) is 27.8 Å². The molecule has 2 rings (SSSR count). The lowest BCUT2D eigenvalue weighted by atomic mass is 10.2. The van der Waals surface area contributed by atoms with Crippen LogP contribution in [-0.4, -0.2) is 16.7 Å². The summed E-state index contributed by atoms with van der Waals surface area (Å²) in [6.45, 7) is 1.43. The molecule has 0 unspecified atom stereocenters. The van der Waals surface area contributed by atoms with E-state index < -0.39 is 0 Å². The number of nitrogens with zero attached hydrogens (tertiary/aromatic N) is 1. The molecule has 1 N–H and O–H groups in total. The summed E-state index contributed by atoms with van der Waals surface area (Å²) in [5.74, 6) is -0.456. The second-order valence-corrected chi connectivity index (χ2v) is 5.80. The molecule has 1 heterocycles. The van der Waals surface area contributed by atoms with E-state index in [0.717, 1.165) is 4.47 Å². The molecule has 4 nitrogen and oxygen atoms in total. The van der Waals surface area contributed by atoms with Gasteiger partial charge in [0.1, 0.15) is 5.69 Å². The van der Waals surface area contributed by atoms with Crippen molar-refractivity contribution < 1.29 is 9.59 Å². The van der Waals surface area contributed by atoms with Crippen molar-refractivity contribution in [1.82, 2.24) is 4.98 Å². The molecule has 0 aliphatic rings. The number of nitrogens with one attached hydrogen (secondary N) is 1. The minimum Gasteiger partial charge on any atom is -0.298 e. The van der Waals surface area contributed by atoms with Crippen molar-refractivity contribution in [3.05, 3.63) is 44.3 Å². The molecule has 2 aromatic rings. The minimum atomic E-state index is -0.321. The van der Waals surface area contributed by atoms with Gasteiger partial charge in [-0.2, -0.15) is 0 Å². The smallest absolute Gasteiger partial charge is 0.257 e. The first-order chi connectivity index (χ1) is 8.97. The van der Waals surface area contributed by atoms with Crippen molar-refractivity contribution in [3.63, 3.8) is 0 Å². The Morgan fingerprint density at radius 1 is 1.42 bits per heavy atom. The first kappa shape index (κ1) is 14.2. The Balaban J connectivity index is 2.15. The first-order valence-electron chi connectivity index (χ1n) is 5.20. The lowest BCUT2D eigenvalue weighted by molar-refractivity contribution is 0.100. The molecule has 0 spiro atoms. The summed E-state index contributed by atoms with van der Waals surface area (Å²) in [7, 11) is 0. The van der Waals surface area contributed by atoms with Gasteiger partial charge in [0.25, 0.3) is 5.91 Å². The van der Waals surface area contributed by atoms with E-state index in [0.29, 0.717) is 21.4 Å². The van der Waals surface area contributed by atoms with Gasteiger partial charge in [-0.05, 0) is 34.1 Å². The molecule has 98 valence electrons. The molecular formula is C12H8BrClN2O2S. The lowest BCUT2D eigenvalue weighted by Gasteiger charge is -2.03. The van der Waals surface area contributed by atoms with Crippen molar-refractivity contribution in [1.29, 1.82) is 0 Å². The van der Waals surface area contributed by atoms with Gasteiger partial charge in [0, 0.05) is 22.3 Å². The molecule has 7 heteroatoms. The molecule has 0 fully saturated rings. The monoisotopic (exact) mass is 358 g/mol. The summed E-state index contributed by atoms with van der Waals surface area (Å²) in [6.07, 6.45) is 0. The molecule has 0 saturated heterocycles. The molecule has 1 aromatic heterocycles. The van der Waals surface area contributed by atoms with Crippen LogP contribution in [0.25, 0.3) is 0 Å². The number of ketones is 1. The molecule has 1 amide bonds. The number of anilines is 1. The van der Waals surface area contributed by atoms with E-state index in [9.17, 15) is 9.59 Å². The molecule has 19 heavy (non-hydrogen) atoms. The number of hydrogen-bond donors (Lipinski definition) is 1. The molecule has 0 aliphatic carbocycles. The average Bonchev–Trinajstić information content (AvgIpc) is 2.81. The van der Waals surface area contributed by atoms with Crippen molar-refractivity contribution >= 4 is 55.7 Å². The molecule has 0 bridgehead atoms. The van der Waals surface area contributed by atoms with E-state index in [2.05, 4.69) is 26.2 Å². The summed E-state index contributed by atoms with van der Waals surface area (Å²) < 4.78 is 0.721. The van der Waals surface area contributed by atoms with Crippen molar-refractivity contribution in [2.24, 2.45) is 0 Å². The number of hydrogen-bond acceptors (Lipinski definition) is 4. The Morgan fingerprint density at radius 2 is 2.16 bits per heavy atom. The first-order valence-corrected chi connectivity index (χ1v) is 7.25. The molecule has 0 aliphatic heterocycles. The fourth-order valence-corrected chi connectivity index (χ4v) is 2.47. The highest BCUT2D eigenvalue weighted by molar-refractivity contribution is 9.10. The van der Waals surface area contributed by atoms with Crippen LogP contribution < -0.4 is 5.32 Å². The normalized spacial score (nSPS) is 10.3. The number of benzene rings is 1. The third kappa shape index (κ3) is 3.40. The second-order valence-electron chi connectivity index (χ2n) is 3.68. The molecule has 0 saturated carbocycles. The number of carbonyl (C=O) groups is 2. The summed E-state index contributed by atoms with van der Waals surface area (Å²) in [6, 6.07) is 4.89. The molecule has 0 radical (unpaired) electrons. The molecule has 1 aromatic carbocycles. The average molecular weight is 360 g/mol. The van der Waals surface area contributed by atoms with Crippen LogP contribution >= 0.6 is 38.9 Å². The Kier molecular flexibility index (Phi) is 4.34. The van der Waals surface area contributed by atoms with E-state index in [4.69, 9.17) is 11.6 Å². The summed E-state index contributed by atoms with van der Waals surface area (Å²) >= 11 is 10.4. The second kappa shape index (κ2) is 5.81. The SMILES string of the molecule is CC(=O)c1csc(NC(=O)c2ccc(Br)c(Cl)c2)n1. The number of Topliss-reactive ketones (excluding diaryl/α,β-unsaturated/α-hetero) is 1. The van der Waals surface area contributed by atoms with Crippen molar-refractivity contribution in [2.75, 3.05) is 5.32 Å². The van der Waals surface area contributed by atoms with Crippen molar-refractivity contribution in [2.45, 2.75) is 6.92 Å². The van der Waals surface area contributed by atoms with Gasteiger partial charge >= 0.3 is 0 Å². The maximum absolute atomic E-state index is 12.0. The van der Waals surface area contributed by atoms with Gasteiger partial charge < -0.3 is 0 Å². The highest BCUT2D eigenvalue weighted by atomic mass is 79.9. The minimum absolute atomic E-state index is 0.136. The fourth-order valence-electron chi connectivity index (χ4n) is 1.30. The van der Waals surface area contributed by atoms with E-state index in [1.54, 1.807) is 23.6 Å². The van der Waals surface area contributed by atoms with Crippen LogP contribution in [0.4, 0.5) is 5.13 Å². The molecular weight excluding hydrogens is 352 g/mol. The Labute approximate surface area is 126 Å².